The molecule has 2 aromatic rings. The SMILES string of the molecule is CCN(CC)CCNC(=O)c1cc(Cl)c(Nc2cc(C(=O)NCCN(CC)CC)c(OC)cc2N)cc1OC. The summed E-state index contributed by atoms with van der Waals surface area (Å²) in [7, 11) is 2.98. The Bertz CT molecular complexity index is 1110. The fourth-order valence-corrected chi connectivity index (χ4v) is 4.33. The van der Waals surface area contributed by atoms with E-state index in [0.29, 0.717) is 57.8 Å². The van der Waals surface area contributed by atoms with Crippen molar-refractivity contribution in [3.8, 4) is 11.5 Å². The Morgan fingerprint density at radius 1 is 0.769 bits per heavy atom. The summed E-state index contributed by atoms with van der Waals surface area (Å²) >= 11 is 6.56. The number of methoxy groups -OCH3 is 2. The molecule has 0 saturated carbocycles. The lowest BCUT2D eigenvalue weighted by atomic mass is 10.1. The van der Waals surface area contributed by atoms with E-state index in [9.17, 15) is 9.59 Å². The van der Waals surface area contributed by atoms with Gasteiger partial charge in [-0.05, 0) is 38.3 Å². The summed E-state index contributed by atoms with van der Waals surface area (Å²) in [5, 5.41) is 9.33. The Balaban J connectivity index is 2.24. The summed E-state index contributed by atoms with van der Waals surface area (Å²) in [6.45, 7) is 14.5. The monoisotopic (exact) mass is 562 g/mol. The maximum atomic E-state index is 13.0. The van der Waals surface area contributed by atoms with Gasteiger partial charge in [-0.2, -0.15) is 0 Å². The van der Waals surface area contributed by atoms with Crippen molar-refractivity contribution in [3.63, 3.8) is 0 Å². The molecule has 11 heteroatoms. The number of anilines is 3. The van der Waals surface area contributed by atoms with Crippen molar-refractivity contribution in [2.75, 3.05) is 77.6 Å². The van der Waals surface area contributed by atoms with Crippen LogP contribution in [-0.4, -0.2) is 88.2 Å². The molecule has 2 amide bonds. The van der Waals surface area contributed by atoms with Crippen LogP contribution in [0, 0.1) is 0 Å². The number of nitrogen functional groups attached to an aromatic ring is 1. The number of hydrogen-bond acceptors (Lipinski definition) is 8. The van der Waals surface area contributed by atoms with Gasteiger partial charge in [0.15, 0.2) is 0 Å². The Labute approximate surface area is 237 Å². The van der Waals surface area contributed by atoms with Crippen molar-refractivity contribution in [1.82, 2.24) is 20.4 Å². The molecule has 0 spiro atoms. The number of amides is 2. The van der Waals surface area contributed by atoms with E-state index in [4.69, 9.17) is 26.8 Å². The van der Waals surface area contributed by atoms with Crippen LogP contribution in [0.25, 0.3) is 0 Å². The van der Waals surface area contributed by atoms with Crippen LogP contribution in [0.3, 0.4) is 0 Å². The van der Waals surface area contributed by atoms with Crippen LogP contribution in [0.1, 0.15) is 48.4 Å². The summed E-state index contributed by atoms with van der Waals surface area (Å²) in [5.41, 5.74) is 8.22. The fourth-order valence-electron chi connectivity index (χ4n) is 4.12. The molecule has 0 aliphatic heterocycles. The average molecular weight is 563 g/mol. The van der Waals surface area contributed by atoms with Crippen molar-refractivity contribution in [1.29, 1.82) is 0 Å². The van der Waals surface area contributed by atoms with Gasteiger partial charge in [-0.1, -0.05) is 39.3 Å². The number of ether oxygens (including phenoxy) is 2. The van der Waals surface area contributed by atoms with Crippen molar-refractivity contribution in [2.45, 2.75) is 27.7 Å². The summed E-state index contributed by atoms with van der Waals surface area (Å²) in [6, 6.07) is 6.40. The zero-order valence-corrected chi connectivity index (χ0v) is 24.7. The molecule has 2 rings (SSSR count). The van der Waals surface area contributed by atoms with Crippen LogP contribution in [0.15, 0.2) is 24.3 Å². The molecule has 216 valence electrons. The van der Waals surface area contributed by atoms with Gasteiger partial charge >= 0.3 is 0 Å². The molecule has 2 aromatic carbocycles. The van der Waals surface area contributed by atoms with Gasteiger partial charge in [0.2, 0.25) is 0 Å². The van der Waals surface area contributed by atoms with E-state index in [1.165, 1.54) is 14.2 Å². The molecule has 0 saturated heterocycles. The molecule has 0 aromatic heterocycles. The normalized spacial score (nSPS) is 11.0. The van der Waals surface area contributed by atoms with Crippen molar-refractivity contribution < 1.29 is 19.1 Å². The Kier molecular flexibility index (Phi) is 13.1. The highest BCUT2D eigenvalue weighted by molar-refractivity contribution is 6.34. The fraction of sp³-hybridized carbons (Fsp3) is 0.500. The second-order valence-corrected chi connectivity index (χ2v) is 9.27. The zero-order chi connectivity index (χ0) is 28.9. The number of nitrogens with one attached hydrogen (secondary N) is 3. The van der Waals surface area contributed by atoms with E-state index < -0.39 is 0 Å². The number of nitrogens with two attached hydrogens (primary N) is 1. The Hall–Kier alpha value is -3.21. The highest BCUT2D eigenvalue weighted by Gasteiger charge is 2.19. The van der Waals surface area contributed by atoms with Crippen LogP contribution < -0.4 is 31.2 Å². The number of benzene rings is 2. The van der Waals surface area contributed by atoms with Gasteiger partial charge in [-0.25, -0.2) is 0 Å². The number of halogens is 1. The summed E-state index contributed by atoms with van der Waals surface area (Å²) in [5.74, 6) is 0.157. The lowest BCUT2D eigenvalue weighted by Crippen LogP contribution is -2.35. The highest BCUT2D eigenvalue weighted by Crippen LogP contribution is 2.36. The molecule has 0 aliphatic carbocycles. The third-order valence-corrected chi connectivity index (χ3v) is 6.95. The van der Waals surface area contributed by atoms with Crippen molar-refractivity contribution in [2.24, 2.45) is 0 Å². The summed E-state index contributed by atoms with van der Waals surface area (Å²) in [4.78, 5) is 30.3. The lowest BCUT2D eigenvalue weighted by Gasteiger charge is -2.19. The standard InChI is InChI=1S/C28H43ClN6O4/c1-7-34(8-2)13-11-31-27(36)19-15-21(29)23(18-26(19)39-6)33-24-16-20(25(38-5)17-22(24)30)28(37)32-12-14-35(9-3)10-4/h15-18,33H,7-14,30H2,1-6H3,(H,31,36)(H,32,37). The minimum absolute atomic E-state index is 0.275. The first-order chi connectivity index (χ1) is 18.7. The smallest absolute Gasteiger partial charge is 0.255 e. The van der Waals surface area contributed by atoms with Gasteiger partial charge in [-0.3, -0.25) is 9.59 Å². The first kappa shape index (κ1) is 32.0. The van der Waals surface area contributed by atoms with Gasteiger partial charge in [0.1, 0.15) is 11.5 Å². The van der Waals surface area contributed by atoms with Crippen LogP contribution in [0.5, 0.6) is 11.5 Å². The molecule has 0 atom stereocenters. The maximum absolute atomic E-state index is 13.0. The first-order valence-electron chi connectivity index (χ1n) is 13.4. The third kappa shape index (κ3) is 8.91. The van der Waals surface area contributed by atoms with Gasteiger partial charge < -0.3 is 41.0 Å². The average Bonchev–Trinajstić information content (AvgIpc) is 2.94. The van der Waals surface area contributed by atoms with E-state index in [2.05, 4.69) is 53.4 Å². The molecular formula is C28H43ClN6O4. The van der Waals surface area contributed by atoms with Crippen LogP contribution >= 0.6 is 11.6 Å². The molecule has 10 nitrogen and oxygen atoms in total. The predicted octanol–water partition coefficient (Wildman–Crippen LogP) is 3.83. The van der Waals surface area contributed by atoms with Gasteiger partial charge in [0.25, 0.3) is 11.8 Å². The topological polar surface area (TPSA) is 121 Å². The van der Waals surface area contributed by atoms with Crippen LogP contribution in [0.4, 0.5) is 17.1 Å². The summed E-state index contributed by atoms with van der Waals surface area (Å²) in [6.07, 6.45) is 0. The highest BCUT2D eigenvalue weighted by atomic mass is 35.5. The first-order valence-corrected chi connectivity index (χ1v) is 13.7. The largest absolute Gasteiger partial charge is 0.496 e. The number of nitrogens with zero attached hydrogens (tertiary/aromatic N) is 2. The second-order valence-electron chi connectivity index (χ2n) is 8.86. The Morgan fingerprint density at radius 3 is 1.69 bits per heavy atom. The van der Waals surface area contributed by atoms with E-state index in [1.54, 1.807) is 24.3 Å². The number of carbonyl (C=O) groups is 2. The van der Waals surface area contributed by atoms with E-state index in [0.717, 1.165) is 39.3 Å². The number of carbonyl (C=O) groups excluding carboxylic acids is 2. The van der Waals surface area contributed by atoms with Crippen LogP contribution in [-0.2, 0) is 0 Å². The number of rotatable bonds is 16. The van der Waals surface area contributed by atoms with Gasteiger partial charge in [0.05, 0.1) is 47.4 Å². The van der Waals surface area contributed by atoms with Gasteiger partial charge in [-0.15, -0.1) is 0 Å². The minimum Gasteiger partial charge on any atom is -0.496 e. The molecule has 0 radical (unpaired) electrons. The van der Waals surface area contributed by atoms with Crippen molar-refractivity contribution >= 4 is 40.5 Å². The van der Waals surface area contributed by atoms with Gasteiger partial charge in [0, 0.05) is 38.3 Å². The van der Waals surface area contributed by atoms with E-state index >= 15 is 0 Å². The number of hydrogen-bond donors (Lipinski definition) is 4. The molecule has 0 unspecified atom stereocenters. The molecule has 0 fully saturated rings. The maximum Gasteiger partial charge on any atom is 0.255 e. The quantitative estimate of drug-likeness (QED) is 0.228. The minimum atomic E-state index is -0.278. The molecule has 0 heterocycles. The number of likely N-dealkylation sites (N-methyl/N-ethyl adjacent to an activating group) is 2. The second kappa shape index (κ2) is 16.0. The third-order valence-electron chi connectivity index (χ3n) is 6.64. The van der Waals surface area contributed by atoms with Crippen LogP contribution in [0.2, 0.25) is 5.02 Å². The molecular weight excluding hydrogens is 520 g/mol. The lowest BCUT2D eigenvalue weighted by molar-refractivity contribution is 0.0937. The molecule has 39 heavy (non-hydrogen) atoms. The molecule has 0 bridgehead atoms. The van der Waals surface area contributed by atoms with E-state index in [1.807, 2.05) is 0 Å². The molecule has 5 N–H and O–H groups in total. The predicted molar refractivity (Wildman–Crippen MR) is 159 cm³/mol. The summed E-state index contributed by atoms with van der Waals surface area (Å²) < 4.78 is 10.9. The Morgan fingerprint density at radius 2 is 1.23 bits per heavy atom. The molecule has 0 aliphatic rings. The van der Waals surface area contributed by atoms with Crippen molar-refractivity contribution in [3.05, 3.63) is 40.4 Å². The zero-order valence-electron chi connectivity index (χ0n) is 23.9. The van der Waals surface area contributed by atoms with E-state index in [-0.39, 0.29) is 11.8 Å².